The molecule has 1 aliphatic carbocycles. The molecule has 1 aliphatic rings. The van der Waals surface area contributed by atoms with Crippen molar-refractivity contribution in [3.05, 3.63) is 42.0 Å². The molecule has 0 spiro atoms. The van der Waals surface area contributed by atoms with Crippen LogP contribution in [0.1, 0.15) is 37.7 Å². The van der Waals surface area contributed by atoms with E-state index < -0.39 is 0 Å². The van der Waals surface area contributed by atoms with Gasteiger partial charge in [-0.1, -0.05) is 55.7 Å². The zero-order valence-electron chi connectivity index (χ0n) is 11.2. The third-order valence-electron chi connectivity index (χ3n) is 3.35. The Morgan fingerprint density at radius 3 is 2.68 bits per heavy atom. The normalized spacial score (nSPS) is 16.4. The number of alkyl carbamates (subject to hydrolysis) is 1. The fraction of sp³-hybridized carbons (Fsp3) is 0.438. The van der Waals surface area contributed by atoms with Crippen LogP contribution >= 0.6 is 0 Å². The monoisotopic (exact) mass is 259 g/mol. The number of hydrogen-bond acceptors (Lipinski definition) is 2. The minimum Gasteiger partial charge on any atom is -0.445 e. The number of benzene rings is 1. The van der Waals surface area contributed by atoms with Crippen LogP contribution in [0.25, 0.3) is 6.08 Å². The summed E-state index contributed by atoms with van der Waals surface area (Å²) in [5.41, 5.74) is 1.11. The zero-order valence-corrected chi connectivity index (χ0v) is 11.2. The van der Waals surface area contributed by atoms with Crippen molar-refractivity contribution >= 4 is 12.2 Å². The van der Waals surface area contributed by atoms with E-state index in [4.69, 9.17) is 4.74 Å². The van der Waals surface area contributed by atoms with Gasteiger partial charge in [-0.3, -0.25) is 0 Å². The largest absolute Gasteiger partial charge is 0.445 e. The topological polar surface area (TPSA) is 38.3 Å². The van der Waals surface area contributed by atoms with Crippen LogP contribution in [0.3, 0.4) is 0 Å². The molecule has 0 radical (unpaired) electrons. The number of ether oxygens (including phenoxy) is 1. The Labute approximate surface area is 114 Å². The van der Waals surface area contributed by atoms with Crippen molar-refractivity contribution in [2.75, 3.05) is 6.61 Å². The van der Waals surface area contributed by atoms with Crippen LogP contribution in [0.2, 0.25) is 0 Å². The quantitative estimate of drug-likeness (QED) is 0.894. The van der Waals surface area contributed by atoms with Gasteiger partial charge in [-0.2, -0.15) is 0 Å². The van der Waals surface area contributed by atoms with E-state index in [9.17, 15) is 4.79 Å². The van der Waals surface area contributed by atoms with Crippen LogP contribution in [0, 0.1) is 0 Å². The molecule has 0 saturated heterocycles. The molecular formula is C16H21NO2. The minimum absolute atomic E-state index is 0.301. The van der Waals surface area contributed by atoms with E-state index in [0.29, 0.717) is 12.6 Å². The van der Waals surface area contributed by atoms with E-state index in [1.165, 1.54) is 19.3 Å². The first-order chi connectivity index (χ1) is 9.34. The Morgan fingerprint density at radius 1 is 1.21 bits per heavy atom. The smallest absolute Gasteiger partial charge is 0.407 e. The highest BCUT2D eigenvalue weighted by Gasteiger charge is 2.15. The Kier molecular flexibility index (Phi) is 5.48. The summed E-state index contributed by atoms with van der Waals surface area (Å²) in [6, 6.07) is 10.3. The van der Waals surface area contributed by atoms with Crippen LogP contribution < -0.4 is 5.32 Å². The van der Waals surface area contributed by atoms with Gasteiger partial charge in [0.1, 0.15) is 6.61 Å². The number of rotatable bonds is 4. The highest BCUT2D eigenvalue weighted by atomic mass is 16.5. The summed E-state index contributed by atoms with van der Waals surface area (Å²) in [6.07, 6.45) is 9.36. The number of hydrogen-bond donors (Lipinski definition) is 1. The maximum Gasteiger partial charge on any atom is 0.407 e. The molecule has 1 N–H and O–H groups in total. The summed E-state index contributed by atoms with van der Waals surface area (Å²) in [5, 5.41) is 2.92. The Balaban J connectivity index is 1.65. The van der Waals surface area contributed by atoms with E-state index in [1.807, 2.05) is 42.5 Å². The lowest BCUT2D eigenvalue weighted by Crippen LogP contribution is -2.36. The van der Waals surface area contributed by atoms with Crippen molar-refractivity contribution in [1.82, 2.24) is 5.32 Å². The molecule has 0 atom stereocenters. The molecule has 1 fully saturated rings. The molecule has 19 heavy (non-hydrogen) atoms. The summed E-state index contributed by atoms with van der Waals surface area (Å²) in [5.74, 6) is 0. The van der Waals surface area contributed by atoms with Crippen molar-refractivity contribution < 1.29 is 9.53 Å². The number of nitrogens with one attached hydrogen (secondary N) is 1. The van der Waals surface area contributed by atoms with Crippen LogP contribution in [-0.4, -0.2) is 18.7 Å². The van der Waals surface area contributed by atoms with Gasteiger partial charge >= 0.3 is 6.09 Å². The van der Waals surface area contributed by atoms with Crippen LogP contribution in [0.5, 0.6) is 0 Å². The van der Waals surface area contributed by atoms with Gasteiger partial charge in [-0.15, -0.1) is 0 Å². The van der Waals surface area contributed by atoms with Gasteiger partial charge in [0, 0.05) is 6.04 Å². The second-order valence-electron chi connectivity index (χ2n) is 4.89. The molecule has 1 saturated carbocycles. The first-order valence-corrected chi connectivity index (χ1v) is 6.99. The SMILES string of the molecule is O=C(NC1CCCCC1)OC/C=C/c1ccccc1. The minimum atomic E-state index is -0.301. The lowest BCUT2D eigenvalue weighted by Gasteiger charge is -2.22. The zero-order chi connectivity index (χ0) is 13.3. The van der Waals surface area contributed by atoms with Crippen molar-refractivity contribution in [1.29, 1.82) is 0 Å². The number of carbonyl (C=O) groups is 1. The van der Waals surface area contributed by atoms with E-state index >= 15 is 0 Å². The van der Waals surface area contributed by atoms with Gasteiger partial charge in [0.05, 0.1) is 0 Å². The molecule has 0 bridgehead atoms. The second kappa shape index (κ2) is 7.62. The van der Waals surface area contributed by atoms with Gasteiger partial charge in [-0.05, 0) is 24.5 Å². The maximum absolute atomic E-state index is 11.6. The lowest BCUT2D eigenvalue weighted by molar-refractivity contribution is 0.151. The highest BCUT2D eigenvalue weighted by Crippen LogP contribution is 2.17. The molecule has 2 rings (SSSR count). The van der Waals surface area contributed by atoms with Crippen LogP contribution in [-0.2, 0) is 4.74 Å². The van der Waals surface area contributed by atoms with Crippen molar-refractivity contribution in [3.8, 4) is 0 Å². The highest BCUT2D eigenvalue weighted by molar-refractivity contribution is 5.67. The van der Waals surface area contributed by atoms with Crippen LogP contribution in [0.4, 0.5) is 4.79 Å². The van der Waals surface area contributed by atoms with Crippen molar-refractivity contribution in [2.45, 2.75) is 38.1 Å². The fourth-order valence-electron chi connectivity index (χ4n) is 2.33. The van der Waals surface area contributed by atoms with E-state index in [1.54, 1.807) is 0 Å². The second-order valence-corrected chi connectivity index (χ2v) is 4.89. The van der Waals surface area contributed by atoms with Gasteiger partial charge in [-0.25, -0.2) is 4.79 Å². The number of carbonyl (C=O) groups excluding carboxylic acids is 1. The first kappa shape index (κ1) is 13.7. The molecule has 0 aromatic heterocycles. The molecule has 1 aromatic rings. The van der Waals surface area contributed by atoms with E-state index in [2.05, 4.69) is 5.32 Å². The van der Waals surface area contributed by atoms with Gasteiger partial charge in [0.2, 0.25) is 0 Å². The average Bonchev–Trinajstić information content (AvgIpc) is 2.46. The number of amides is 1. The van der Waals surface area contributed by atoms with Gasteiger partial charge in [0.15, 0.2) is 0 Å². The predicted octanol–water partition coefficient (Wildman–Crippen LogP) is 3.76. The summed E-state index contributed by atoms with van der Waals surface area (Å²) >= 11 is 0. The molecule has 1 amide bonds. The van der Waals surface area contributed by atoms with E-state index in [-0.39, 0.29) is 6.09 Å². The Bertz CT molecular complexity index is 408. The standard InChI is InChI=1S/C16H21NO2/c18-16(17-15-11-5-2-6-12-15)19-13-7-10-14-8-3-1-4-9-14/h1,3-4,7-10,15H,2,5-6,11-13H2,(H,17,18)/b10-7+. The third-order valence-corrected chi connectivity index (χ3v) is 3.35. The third kappa shape index (κ3) is 5.16. The maximum atomic E-state index is 11.6. The lowest BCUT2D eigenvalue weighted by atomic mass is 9.96. The molecule has 1 aromatic carbocycles. The molecule has 3 nitrogen and oxygen atoms in total. The molecule has 0 unspecified atom stereocenters. The molecule has 0 aliphatic heterocycles. The molecule has 0 heterocycles. The summed E-state index contributed by atoms with van der Waals surface area (Å²) < 4.78 is 5.13. The fourth-order valence-corrected chi connectivity index (χ4v) is 2.33. The first-order valence-electron chi connectivity index (χ1n) is 6.99. The molecule has 102 valence electrons. The summed E-state index contributed by atoms with van der Waals surface area (Å²) in [4.78, 5) is 11.6. The summed E-state index contributed by atoms with van der Waals surface area (Å²) in [7, 11) is 0. The van der Waals surface area contributed by atoms with Crippen LogP contribution in [0.15, 0.2) is 36.4 Å². The van der Waals surface area contributed by atoms with Crippen molar-refractivity contribution in [3.63, 3.8) is 0 Å². The predicted molar refractivity (Wildman–Crippen MR) is 76.8 cm³/mol. The molecule has 3 heteroatoms. The Morgan fingerprint density at radius 2 is 1.95 bits per heavy atom. The van der Waals surface area contributed by atoms with E-state index in [0.717, 1.165) is 18.4 Å². The summed E-state index contributed by atoms with van der Waals surface area (Å²) in [6.45, 7) is 0.313. The molecular weight excluding hydrogens is 238 g/mol. The van der Waals surface area contributed by atoms with Crippen molar-refractivity contribution in [2.24, 2.45) is 0 Å². The average molecular weight is 259 g/mol. The van der Waals surface area contributed by atoms with Gasteiger partial charge < -0.3 is 10.1 Å². The van der Waals surface area contributed by atoms with Gasteiger partial charge in [0.25, 0.3) is 0 Å². The Hall–Kier alpha value is -1.77.